The molecule has 0 aliphatic heterocycles. The van der Waals surface area contributed by atoms with Crippen LogP contribution >= 0.6 is 11.3 Å². The topological polar surface area (TPSA) is 95.1 Å². The molecule has 0 bridgehead atoms. The van der Waals surface area contributed by atoms with Gasteiger partial charge in [0.15, 0.2) is 0 Å². The van der Waals surface area contributed by atoms with Crippen molar-refractivity contribution in [2.24, 2.45) is 0 Å². The van der Waals surface area contributed by atoms with E-state index < -0.39 is 17.4 Å². The molecule has 1 amide bonds. The Morgan fingerprint density at radius 2 is 2.23 bits per heavy atom. The van der Waals surface area contributed by atoms with E-state index in [0.29, 0.717) is 18.5 Å². The van der Waals surface area contributed by atoms with Gasteiger partial charge in [-0.3, -0.25) is 4.79 Å². The van der Waals surface area contributed by atoms with E-state index in [4.69, 9.17) is 0 Å². The third kappa shape index (κ3) is 3.36. The number of nitrogens with zero attached hydrogens (tertiary/aromatic N) is 1. The van der Waals surface area contributed by atoms with Gasteiger partial charge in [-0.05, 0) is 26.3 Å². The average molecular weight is 321 g/mol. The van der Waals surface area contributed by atoms with Crippen LogP contribution in [0.25, 0.3) is 11.3 Å². The first-order valence-electron chi connectivity index (χ1n) is 7.02. The van der Waals surface area contributed by atoms with E-state index in [-0.39, 0.29) is 0 Å². The van der Waals surface area contributed by atoms with Crippen molar-refractivity contribution in [3.8, 4) is 11.3 Å². The number of aryl methyl sites for hydroxylation is 1. The SMILES string of the molecule is CCCC(C)(NC(=O)c1cc(-c2csc(C)n2)c[nH]1)C(=O)O. The van der Waals surface area contributed by atoms with Gasteiger partial charge in [-0.1, -0.05) is 13.3 Å². The van der Waals surface area contributed by atoms with Gasteiger partial charge in [-0.15, -0.1) is 11.3 Å². The zero-order valence-corrected chi connectivity index (χ0v) is 13.6. The van der Waals surface area contributed by atoms with Crippen LogP contribution in [0.4, 0.5) is 0 Å². The minimum Gasteiger partial charge on any atom is -0.480 e. The molecule has 22 heavy (non-hydrogen) atoms. The number of aromatic nitrogens is 2. The fraction of sp³-hybridized carbons (Fsp3) is 0.400. The van der Waals surface area contributed by atoms with Crippen molar-refractivity contribution in [3.63, 3.8) is 0 Å². The summed E-state index contributed by atoms with van der Waals surface area (Å²) in [4.78, 5) is 30.9. The van der Waals surface area contributed by atoms with Crippen molar-refractivity contribution in [1.82, 2.24) is 15.3 Å². The van der Waals surface area contributed by atoms with Crippen molar-refractivity contribution in [2.75, 3.05) is 0 Å². The maximum absolute atomic E-state index is 12.3. The summed E-state index contributed by atoms with van der Waals surface area (Å²) in [6.07, 6.45) is 2.73. The number of hydrogen-bond acceptors (Lipinski definition) is 4. The molecule has 118 valence electrons. The molecule has 0 aliphatic rings. The number of nitrogens with one attached hydrogen (secondary N) is 2. The molecule has 2 rings (SSSR count). The standard InChI is InChI=1S/C15H19N3O3S/c1-4-5-15(3,14(20)21)18-13(19)11-6-10(7-16-11)12-8-22-9(2)17-12/h6-8,16H,4-5H2,1-3H3,(H,18,19)(H,20,21). The molecule has 0 radical (unpaired) electrons. The molecule has 7 heteroatoms. The molecule has 6 nitrogen and oxygen atoms in total. The number of aromatic amines is 1. The Labute approximate surface area is 132 Å². The third-order valence-corrected chi connectivity index (χ3v) is 4.23. The minimum atomic E-state index is -1.27. The van der Waals surface area contributed by atoms with E-state index in [0.717, 1.165) is 16.3 Å². The van der Waals surface area contributed by atoms with E-state index >= 15 is 0 Å². The lowest BCUT2D eigenvalue weighted by atomic mass is 9.96. The Balaban J connectivity index is 2.16. The monoisotopic (exact) mass is 321 g/mol. The molecule has 3 N–H and O–H groups in total. The third-order valence-electron chi connectivity index (χ3n) is 3.45. The summed E-state index contributed by atoms with van der Waals surface area (Å²) in [6.45, 7) is 5.31. The molecular formula is C15H19N3O3S. The van der Waals surface area contributed by atoms with Gasteiger partial charge in [0.1, 0.15) is 11.2 Å². The quantitative estimate of drug-likeness (QED) is 0.762. The molecule has 0 aromatic carbocycles. The molecule has 1 atom stereocenters. The van der Waals surface area contributed by atoms with Crippen LogP contribution in [-0.4, -0.2) is 32.5 Å². The van der Waals surface area contributed by atoms with Crippen LogP contribution in [0.2, 0.25) is 0 Å². The van der Waals surface area contributed by atoms with Crippen LogP contribution in [-0.2, 0) is 4.79 Å². The van der Waals surface area contributed by atoms with Crippen LogP contribution in [0, 0.1) is 6.92 Å². The number of hydrogen-bond donors (Lipinski definition) is 3. The predicted octanol–water partition coefficient (Wildman–Crippen LogP) is 2.82. The molecule has 0 spiro atoms. The van der Waals surface area contributed by atoms with Crippen molar-refractivity contribution in [1.29, 1.82) is 0 Å². The molecule has 0 fully saturated rings. The number of amides is 1. The Bertz CT molecular complexity index is 692. The predicted molar refractivity (Wildman–Crippen MR) is 85.1 cm³/mol. The lowest BCUT2D eigenvalue weighted by molar-refractivity contribution is -0.144. The molecule has 1 unspecified atom stereocenters. The first kappa shape index (κ1) is 16.2. The number of carbonyl (C=O) groups excluding carboxylic acids is 1. The second-order valence-electron chi connectivity index (χ2n) is 5.40. The normalized spacial score (nSPS) is 13.6. The Kier molecular flexibility index (Phi) is 4.65. The van der Waals surface area contributed by atoms with E-state index in [1.807, 2.05) is 19.2 Å². The smallest absolute Gasteiger partial charge is 0.329 e. The number of rotatable bonds is 6. The maximum atomic E-state index is 12.3. The van der Waals surface area contributed by atoms with Gasteiger partial charge in [0, 0.05) is 17.1 Å². The zero-order valence-electron chi connectivity index (χ0n) is 12.8. The van der Waals surface area contributed by atoms with Crippen molar-refractivity contribution < 1.29 is 14.7 Å². The van der Waals surface area contributed by atoms with Gasteiger partial charge >= 0.3 is 5.97 Å². The summed E-state index contributed by atoms with van der Waals surface area (Å²) in [5.74, 6) is -1.47. The van der Waals surface area contributed by atoms with Crippen LogP contribution in [0.3, 0.4) is 0 Å². The highest BCUT2D eigenvalue weighted by Gasteiger charge is 2.34. The lowest BCUT2D eigenvalue weighted by Crippen LogP contribution is -2.52. The highest BCUT2D eigenvalue weighted by atomic mass is 32.1. The van der Waals surface area contributed by atoms with Gasteiger partial charge in [0.05, 0.1) is 10.7 Å². The van der Waals surface area contributed by atoms with Crippen LogP contribution in [0.5, 0.6) is 0 Å². The van der Waals surface area contributed by atoms with E-state index in [1.54, 1.807) is 12.3 Å². The zero-order chi connectivity index (χ0) is 16.3. The minimum absolute atomic E-state index is 0.323. The number of thiazole rings is 1. The molecule has 0 saturated carbocycles. The van der Waals surface area contributed by atoms with E-state index in [9.17, 15) is 14.7 Å². The maximum Gasteiger partial charge on any atom is 0.329 e. The van der Waals surface area contributed by atoms with Crippen molar-refractivity contribution in [2.45, 2.75) is 39.2 Å². The number of H-pyrrole nitrogens is 1. The number of carboxylic acids is 1. The summed E-state index contributed by atoms with van der Waals surface area (Å²) in [5, 5.41) is 14.8. The fourth-order valence-electron chi connectivity index (χ4n) is 2.21. The second-order valence-corrected chi connectivity index (χ2v) is 6.46. The molecule has 0 aliphatic carbocycles. The van der Waals surface area contributed by atoms with Crippen LogP contribution in [0.15, 0.2) is 17.6 Å². The Morgan fingerprint density at radius 3 is 2.77 bits per heavy atom. The second kappa shape index (κ2) is 6.31. The first-order valence-corrected chi connectivity index (χ1v) is 7.90. The molecule has 2 aromatic heterocycles. The van der Waals surface area contributed by atoms with E-state index in [1.165, 1.54) is 18.3 Å². The molecule has 0 saturated heterocycles. The summed E-state index contributed by atoms with van der Waals surface area (Å²) < 4.78 is 0. The molecule has 2 aromatic rings. The number of aliphatic carboxylic acids is 1. The van der Waals surface area contributed by atoms with Gasteiger partial charge in [0.2, 0.25) is 0 Å². The van der Waals surface area contributed by atoms with Gasteiger partial charge in [0.25, 0.3) is 5.91 Å². The summed E-state index contributed by atoms with van der Waals surface area (Å²) >= 11 is 1.53. The highest BCUT2D eigenvalue weighted by molar-refractivity contribution is 7.09. The number of carboxylic acid groups (broad SMARTS) is 1. The Morgan fingerprint density at radius 1 is 1.50 bits per heavy atom. The van der Waals surface area contributed by atoms with Gasteiger partial charge in [-0.25, -0.2) is 9.78 Å². The Hall–Kier alpha value is -2.15. The van der Waals surface area contributed by atoms with Crippen molar-refractivity contribution in [3.05, 3.63) is 28.3 Å². The summed E-state index contributed by atoms with van der Waals surface area (Å²) in [6, 6.07) is 1.68. The van der Waals surface area contributed by atoms with Gasteiger partial charge < -0.3 is 15.4 Å². The van der Waals surface area contributed by atoms with Gasteiger partial charge in [-0.2, -0.15) is 0 Å². The lowest BCUT2D eigenvalue weighted by Gasteiger charge is -2.25. The first-order chi connectivity index (χ1) is 10.4. The van der Waals surface area contributed by atoms with Crippen LogP contribution in [0.1, 0.15) is 42.2 Å². The molecular weight excluding hydrogens is 302 g/mol. The number of carbonyl (C=O) groups is 2. The van der Waals surface area contributed by atoms with Crippen molar-refractivity contribution >= 4 is 23.2 Å². The van der Waals surface area contributed by atoms with Crippen LogP contribution < -0.4 is 5.32 Å². The fourth-order valence-corrected chi connectivity index (χ4v) is 2.83. The summed E-state index contributed by atoms with van der Waals surface area (Å²) in [5.41, 5.74) is 0.660. The molecule has 2 heterocycles. The van der Waals surface area contributed by atoms with E-state index in [2.05, 4.69) is 15.3 Å². The average Bonchev–Trinajstić information content (AvgIpc) is 3.07. The summed E-state index contributed by atoms with van der Waals surface area (Å²) in [7, 11) is 0. The largest absolute Gasteiger partial charge is 0.480 e. The highest BCUT2D eigenvalue weighted by Crippen LogP contribution is 2.22.